The Morgan fingerprint density at radius 3 is 2.62 bits per heavy atom. The molecule has 1 unspecified atom stereocenters. The standard InChI is InChI=1S/C13H26N4O3S/c1-5-6-12(9-20-4)16-21(18,19)13-10(2)15-17(8-7-14)11(13)3/h12,16H,5-9,14H2,1-4H3. The Morgan fingerprint density at radius 2 is 2.10 bits per heavy atom. The van der Waals surface area contributed by atoms with Crippen molar-refractivity contribution < 1.29 is 13.2 Å². The molecule has 1 aromatic rings. The number of ether oxygens (including phenoxy) is 1. The maximum atomic E-state index is 12.6. The van der Waals surface area contributed by atoms with Gasteiger partial charge in [-0.15, -0.1) is 0 Å². The van der Waals surface area contributed by atoms with E-state index in [0.717, 1.165) is 12.8 Å². The molecule has 122 valence electrons. The van der Waals surface area contributed by atoms with E-state index in [1.807, 2.05) is 6.92 Å². The number of aromatic nitrogens is 2. The molecule has 0 bridgehead atoms. The van der Waals surface area contributed by atoms with E-state index < -0.39 is 10.0 Å². The van der Waals surface area contributed by atoms with Crippen LogP contribution in [0.15, 0.2) is 4.90 Å². The van der Waals surface area contributed by atoms with E-state index in [-0.39, 0.29) is 10.9 Å². The lowest BCUT2D eigenvalue weighted by Gasteiger charge is -2.17. The van der Waals surface area contributed by atoms with Gasteiger partial charge in [0.05, 0.1) is 24.5 Å². The monoisotopic (exact) mass is 318 g/mol. The van der Waals surface area contributed by atoms with Crippen LogP contribution in [0.1, 0.15) is 31.2 Å². The van der Waals surface area contributed by atoms with Gasteiger partial charge in [0.1, 0.15) is 4.90 Å². The van der Waals surface area contributed by atoms with E-state index in [0.29, 0.717) is 31.1 Å². The van der Waals surface area contributed by atoms with Crippen LogP contribution in [0.5, 0.6) is 0 Å². The number of aryl methyl sites for hydroxylation is 1. The highest BCUT2D eigenvalue weighted by Crippen LogP contribution is 2.20. The van der Waals surface area contributed by atoms with E-state index in [1.54, 1.807) is 25.6 Å². The third kappa shape index (κ3) is 4.50. The van der Waals surface area contributed by atoms with Crippen LogP contribution in [-0.4, -0.2) is 44.5 Å². The first-order valence-electron chi connectivity index (χ1n) is 7.12. The Labute approximate surface area is 126 Å². The predicted octanol–water partition coefficient (Wildman–Crippen LogP) is 0.552. The van der Waals surface area contributed by atoms with Crippen molar-refractivity contribution in [3.8, 4) is 0 Å². The minimum atomic E-state index is -3.62. The zero-order valence-electron chi connectivity index (χ0n) is 13.2. The van der Waals surface area contributed by atoms with E-state index in [4.69, 9.17) is 10.5 Å². The van der Waals surface area contributed by atoms with Crippen molar-refractivity contribution in [3.05, 3.63) is 11.4 Å². The van der Waals surface area contributed by atoms with Crippen LogP contribution in [-0.2, 0) is 21.3 Å². The van der Waals surface area contributed by atoms with Gasteiger partial charge in [0.15, 0.2) is 0 Å². The molecule has 8 heteroatoms. The summed E-state index contributed by atoms with van der Waals surface area (Å²) in [5, 5.41) is 4.25. The molecule has 21 heavy (non-hydrogen) atoms. The molecule has 0 aliphatic heterocycles. The summed E-state index contributed by atoms with van der Waals surface area (Å²) in [5.41, 5.74) is 6.61. The minimum absolute atomic E-state index is 0.235. The van der Waals surface area contributed by atoms with Gasteiger partial charge in [0.2, 0.25) is 10.0 Å². The van der Waals surface area contributed by atoms with Gasteiger partial charge >= 0.3 is 0 Å². The zero-order valence-corrected chi connectivity index (χ0v) is 14.0. The van der Waals surface area contributed by atoms with Gasteiger partial charge in [-0.05, 0) is 20.3 Å². The molecule has 0 saturated carbocycles. The molecular formula is C13H26N4O3S. The summed E-state index contributed by atoms with van der Waals surface area (Å²) in [6, 6.07) is -0.235. The van der Waals surface area contributed by atoms with E-state index in [2.05, 4.69) is 9.82 Å². The average molecular weight is 318 g/mol. The third-order valence-electron chi connectivity index (χ3n) is 3.25. The summed E-state index contributed by atoms with van der Waals surface area (Å²) in [6.07, 6.45) is 1.60. The number of methoxy groups -OCH3 is 1. The first-order valence-corrected chi connectivity index (χ1v) is 8.61. The fourth-order valence-electron chi connectivity index (χ4n) is 2.41. The summed E-state index contributed by atoms with van der Waals surface area (Å²) in [6.45, 7) is 6.71. The topological polar surface area (TPSA) is 99.2 Å². The number of sulfonamides is 1. The number of hydrogen-bond acceptors (Lipinski definition) is 5. The van der Waals surface area contributed by atoms with Gasteiger partial charge in [-0.25, -0.2) is 13.1 Å². The fraction of sp³-hybridized carbons (Fsp3) is 0.769. The van der Waals surface area contributed by atoms with Crippen molar-refractivity contribution in [3.63, 3.8) is 0 Å². The highest BCUT2D eigenvalue weighted by molar-refractivity contribution is 7.89. The fourth-order valence-corrected chi connectivity index (χ4v) is 4.08. The SMILES string of the molecule is CCCC(COC)NS(=O)(=O)c1c(C)nn(CCN)c1C. The molecule has 3 N–H and O–H groups in total. The number of nitrogens with one attached hydrogen (secondary N) is 1. The lowest BCUT2D eigenvalue weighted by atomic mass is 10.2. The molecular weight excluding hydrogens is 292 g/mol. The molecule has 0 saturated heterocycles. The normalized spacial score (nSPS) is 13.6. The molecule has 0 amide bonds. The summed E-state index contributed by atoms with van der Waals surface area (Å²) in [7, 11) is -2.05. The summed E-state index contributed by atoms with van der Waals surface area (Å²) < 4.78 is 34.6. The Balaban J connectivity index is 3.07. The molecule has 1 rings (SSSR count). The second kappa shape index (κ2) is 7.88. The van der Waals surface area contributed by atoms with E-state index in [9.17, 15) is 8.42 Å². The quantitative estimate of drug-likeness (QED) is 0.693. The molecule has 1 heterocycles. The number of rotatable bonds is 9. The van der Waals surface area contributed by atoms with Gasteiger partial charge < -0.3 is 10.5 Å². The Morgan fingerprint density at radius 1 is 1.43 bits per heavy atom. The van der Waals surface area contributed by atoms with Gasteiger partial charge in [-0.2, -0.15) is 5.10 Å². The highest BCUT2D eigenvalue weighted by atomic mass is 32.2. The Hall–Kier alpha value is -0.960. The molecule has 7 nitrogen and oxygen atoms in total. The second-order valence-corrected chi connectivity index (χ2v) is 6.72. The lowest BCUT2D eigenvalue weighted by molar-refractivity contribution is 0.171. The maximum Gasteiger partial charge on any atom is 0.244 e. The second-order valence-electron chi connectivity index (χ2n) is 5.07. The van der Waals surface area contributed by atoms with Crippen LogP contribution in [0.3, 0.4) is 0 Å². The zero-order chi connectivity index (χ0) is 16.0. The first kappa shape index (κ1) is 18.1. The van der Waals surface area contributed by atoms with Crippen LogP contribution in [0, 0.1) is 13.8 Å². The van der Waals surface area contributed by atoms with Gasteiger partial charge in [0.25, 0.3) is 0 Å². The van der Waals surface area contributed by atoms with E-state index in [1.165, 1.54) is 0 Å². The molecule has 0 aliphatic rings. The molecule has 0 aromatic carbocycles. The first-order chi connectivity index (χ1) is 9.87. The van der Waals surface area contributed by atoms with Gasteiger partial charge in [0, 0.05) is 19.7 Å². The van der Waals surface area contributed by atoms with Crippen molar-refractivity contribution >= 4 is 10.0 Å². The van der Waals surface area contributed by atoms with Crippen molar-refractivity contribution in [1.82, 2.24) is 14.5 Å². The molecule has 0 aliphatic carbocycles. The summed E-state index contributed by atoms with van der Waals surface area (Å²) in [5.74, 6) is 0. The molecule has 0 fully saturated rings. The highest BCUT2D eigenvalue weighted by Gasteiger charge is 2.26. The number of nitrogens with two attached hydrogens (primary N) is 1. The van der Waals surface area contributed by atoms with Crippen LogP contribution in [0.4, 0.5) is 0 Å². The van der Waals surface area contributed by atoms with Crippen LogP contribution < -0.4 is 10.5 Å². The molecule has 1 aromatic heterocycles. The minimum Gasteiger partial charge on any atom is -0.383 e. The van der Waals surface area contributed by atoms with Crippen LogP contribution in [0.2, 0.25) is 0 Å². The van der Waals surface area contributed by atoms with Crippen LogP contribution >= 0.6 is 0 Å². The molecule has 0 spiro atoms. The van der Waals surface area contributed by atoms with Crippen LogP contribution in [0.25, 0.3) is 0 Å². The number of hydrogen-bond donors (Lipinski definition) is 2. The van der Waals surface area contributed by atoms with Crippen molar-refractivity contribution in [2.45, 2.75) is 51.1 Å². The third-order valence-corrected chi connectivity index (χ3v) is 5.02. The Kier molecular flexibility index (Phi) is 6.79. The number of nitrogens with zero attached hydrogens (tertiary/aromatic N) is 2. The lowest BCUT2D eigenvalue weighted by Crippen LogP contribution is -2.38. The largest absolute Gasteiger partial charge is 0.383 e. The van der Waals surface area contributed by atoms with Crippen molar-refractivity contribution in [2.75, 3.05) is 20.3 Å². The van der Waals surface area contributed by atoms with Gasteiger partial charge in [-0.1, -0.05) is 13.3 Å². The predicted molar refractivity (Wildman–Crippen MR) is 81.6 cm³/mol. The average Bonchev–Trinajstić information content (AvgIpc) is 2.65. The Bertz CT molecular complexity index is 548. The maximum absolute atomic E-state index is 12.6. The van der Waals surface area contributed by atoms with Crippen molar-refractivity contribution in [1.29, 1.82) is 0 Å². The molecule has 0 radical (unpaired) electrons. The van der Waals surface area contributed by atoms with Gasteiger partial charge in [-0.3, -0.25) is 4.68 Å². The van der Waals surface area contributed by atoms with Crippen molar-refractivity contribution in [2.24, 2.45) is 5.73 Å². The molecule has 1 atom stereocenters. The summed E-state index contributed by atoms with van der Waals surface area (Å²) >= 11 is 0. The summed E-state index contributed by atoms with van der Waals surface area (Å²) in [4.78, 5) is 0.244. The van der Waals surface area contributed by atoms with E-state index >= 15 is 0 Å². The smallest absolute Gasteiger partial charge is 0.244 e.